The molecule has 3 heterocycles. The van der Waals surface area contributed by atoms with Crippen molar-refractivity contribution in [1.29, 1.82) is 0 Å². The Labute approximate surface area is 412 Å². The molecule has 3 aliphatic heterocycles. The lowest BCUT2D eigenvalue weighted by atomic mass is 9.96. The molecule has 3 rings (SSSR count). The van der Waals surface area contributed by atoms with Crippen molar-refractivity contribution in [1.82, 2.24) is 5.32 Å². The molecule has 12 N–H and O–H groups in total. The first kappa shape index (κ1) is 61.3. The minimum absolute atomic E-state index is 0.180. The molecule has 19 heteroatoms. The number of amides is 1. The van der Waals surface area contributed by atoms with Gasteiger partial charge in [-0.3, -0.25) is 4.79 Å². The maximum atomic E-state index is 13.1. The lowest BCUT2D eigenvalue weighted by molar-refractivity contribution is -0.379. The average molecular weight is 998 g/mol. The Morgan fingerprint density at radius 2 is 0.971 bits per heavy atom. The number of carbonyl (C=O) groups excluding carboxylic acids is 1. The molecule has 17 unspecified atom stereocenters. The summed E-state index contributed by atoms with van der Waals surface area (Å²) < 4.78 is 33.9. The third-order valence-corrected chi connectivity index (χ3v) is 11.9. The fourth-order valence-corrected chi connectivity index (χ4v) is 7.76. The zero-order valence-corrected chi connectivity index (χ0v) is 40.7. The van der Waals surface area contributed by atoms with Gasteiger partial charge in [0.05, 0.1) is 38.6 Å². The van der Waals surface area contributed by atoms with Crippen molar-refractivity contribution in [3.05, 3.63) is 85.1 Å². The van der Waals surface area contributed by atoms with Crippen LogP contribution >= 0.6 is 0 Å². The summed E-state index contributed by atoms with van der Waals surface area (Å²) in [5.41, 5.74) is 0. The average Bonchev–Trinajstić information content (AvgIpc) is 3.35. The van der Waals surface area contributed by atoms with E-state index in [9.17, 15) is 61.0 Å². The van der Waals surface area contributed by atoms with Crippen molar-refractivity contribution in [3.8, 4) is 0 Å². The molecule has 400 valence electrons. The second-order valence-corrected chi connectivity index (χ2v) is 17.5. The zero-order chi connectivity index (χ0) is 51.3. The number of unbranched alkanes of at least 4 members (excludes halogenated alkanes) is 4. The van der Waals surface area contributed by atoms with Crippen LogP contribution in [0.25, 0.3) is 0 Å². The zero-order valence-electron chi connectivity index (χ0n) is 40.7. The van der Waals surface area contributed by atoms with Crippen molar-refractivity contribution in [3.63, 3.8) is 0 Å². The normalized spacial score (nSPS) is 33.3. The van der Waals surface area contributed by atoms with E-state index in [0.717, 1.165) is 64.2 Å². The van der Waals surface area contributed by atoms with Gasteiger partial charge in [0.1, 0.15) is 73.2 Å². The van der Waals surface area contributed by atoms with Crippen molar-refractivity contribution < 1.29 is 89.4 Å². The molecule has 17 atom stereocenters. The van der Waals surface area contributed by atoms with Crippen LogP contribution in [0.4, 0.5) is 0 Å². The van der Waals surface area contributed by atoms with E-state index in [1.807, 2.05) is 6.92 Å². The highest BCUT2D eigenvalue weighted by Crippen LogP contribution is 2.33. The van der Waals surface area contributed by atoms with E-state index in [1.165, 1.54) is 0 Å². The monoisotopic (exact) mass is 998 g/mol. The predicted molar refractivity (Wildman–Crippen MR) is 258 cm³/mol. The molecular formula is C51H83NO18. The van der Waals surface area contributed by atoms with Crippen molar-refractivity contribution in [2.75, 3.05) is 26.4 Å². The van der Waals surface area contributed by atoms with Crippen LogP contribution in [0.2, 0.25) is 0 Å². The maximum absolute atomic E-state index is 13.1. The molecule has 3 fully saturated rings. The number of nitrogens with one attached hydrogen (secondary N) is 1. The largest absolute Gasteiger partial charge is 0.394 e. The minimum Gasteiger partial charge on any atom is -0.394 e. The Morgan fingerprint density at radius 1 is 0.529 bits per heavy atom. The van der Waals surface area contributed by atoms with E-state index >= 15 is 0 Å². The Morgan fingerprint density at radius 3 is 1.47 bits per heavy atom. The molecule has 0 aromatic carbocycles. The smallest absolute Gasteiger partial charge is 0.220 e. The number of ether oxygens (including phenoxy) is 6. The van der Waals surface area contributed by atoms with Gasteiger partial charge in [-0.2, -0.15) is 0 Å². The Hall–Kier alpha value is -3.03. The number of aliphatic hydroxyl groups is 11. The van der Waals surface area contributed by atoms with Gasteiger partial charge >= 0.3 is 0 Å². The highest BCUT2D eigenvalue weighted by atomic mass is 16.8. The molecule has 70 heavy (non-hydrogen) atoms. The topological polar surface area (TPSA) is 307 Å². The van der Waals surface area contributed by atoms with Gasteiger partial charge < -0.3 is 89.9 Å². The fraction of sp³-hybridized carbons (Fsp3) is 0.706. The van der Waals surface area contributed by atoms with Crippen LogP contribution in [0.5, 0.6) is 0 Å². The molecule has 0 radical (unpaired) electrons. The van der Waals surface area contributed by atoms with Crippen LogP contribution < -0.4 is 5.32 Å². The van der Waals surface area contributed by atoms with Gasteiger partial charge in [-0.15, -0.1) is 0 Å². The molecule has 0 bridgehead atoms. The summed E-state index contributed by atoms with van der Waals surface area (Å²) in [6.07, 6.45) is 12.6. The molecule has 3 saturated heterocycles. The summed E-state index contributed by atoms with van der Waals surface area (Å²) in [5.74, 6) is -0.334. The Kier molecular flexibility index (Phi) is 30.8. The van der Waals surface area contributed by atoms with E-state index in [1.54, 1.807) is 12.2 Å². The number of allylic oxidation sites excluding steroid dienone is 13. The highest BCUT2D eigenvalue weighted by molar-refractivity contribution is 5.76. The summed E-state index contributed by atoms with van der Waals surface area (Å²) >= 11 is 0. The second-order valence-electron chi connectivity index (χ2n) is 17.5. The van der Waals surface area contributed by atoms with Crippen LogP contribution in [0, 0.1) is 0 Å². The van der Waals surface area contributed by atoms with Gasteiger partial charge in [0.15, 0.2) is 18.9 Å². The van der Waals surface area contributed by atoms with E-state index in [4.69, 9.17) is 28.4 Å². The third-order valence-electron chi connectivity index (χ3n) is 11.9. The third kappa shape index (κ3) is 20.8. The van der Waals surface area contributed by atoms with Gasteiger partial charge in [0, 0.05) is 6.42 Å². The van der Waals surface area contributed by atoms with E-state index < -0.39 is 124 Å². The Balaban J connectivity index is 1.48. The van der Waals surface area contributed by atoms with E-state index in [0.29, 0.717) is 12.8 Å². The molecule has 19 nitrogen and oxygen atoms in total. The van der Waals surface area contributed by atoms with Crippen molar-refractivity contribution >= 4 is 5.91 Å². The molecule has 0 aliphatic carbocycles. The molecule has 0 spiro atoms. The summed E-state index contributed by atoms with van der Waals surface area (Å²) in [4.78, 5) is 13.1. The SMILES string of the molecule is CC/C=C\C/C=C\C/C=C\C/C=C\C/C=C\C/C=C\CCCCC(=O)NC(COC1OC(CO)C(OC2OC(CO)C(OC3OC(CO)C(O)C(O)C3O)C(O)C2O)C(O)C1O)C(O)/C=C/CCCC. The van der Waals surface area contributed by atoms with Gasteiger partial charge in [-0.1, -0.05) is 112 Å². The summed E-state index contributed by atoms with van der Waals surface area (Å²) in [5, 5.41) is 119. The summed E-state index contributed by atoms with van der Waals surface area (Å²) in [6.45, 7) is 1.33. The minimum atomic E-state index is -1.98. The molecule has 1 amide bonds. The standard InChI is InChI=1S/C51H83NO18/c1-3-5-7-9-10-11-12-13-14-15-16-17-18-19-20-21-22-23-24-25-27-29-39(57)52-34(35(56)28-26-8-6-4-2)33-65-49-45(63)42(60)47(37(31-54)67-49)70-51-46(64)43(61)48(38(32-55)68-51)69-50-44(62)41(59)40(58)36(30-53)66-50/h5,7,10-11,13-14,16-17,19-20,22-23,26,28,34-38,40-51,53-56,58-64H,3-4,6,8-9,12,15,18,21,24-25,27,29-33H2,1-2H3,(H,52,57)/b7-5-,11-10-,14-13-,17-16-,20-19-,23-22-,28-26+. The van der Waals surface area contributed by atoms with Crippen LogP contribution in [-0.2, 0) is 33.2 Å². The van der Waals surface area contributed by atoms with Gasteiger partial charge in [0.25, 0.3) is 0 Å². The van der Waals surface area contributed by atoms with E-state index in [2.05, 4.69) is 85.2 Å². The van der Waals surface area contributed by atoms with Crippen molar-refractivity contribution in [2.24, 2.45) is 0 Å². The number of aliphatic hydroxyl groups excluding tert-OH is 11. The quantitative estimate of drug-likeness (QED) is 0.0334. The first-order valence-electron chi connectivity index (χ1n) is 24.8. The molecule has 0 saturated carbocycles. The molecule has 0 aromatic heterocycles. The lowest BCUT2D eigenvalue weighted by Crippen LogP contribution is -2.66. The second kappa shape index (κ2) is 35.2. The Bertz CT molecular complexity index is 1620. The van der Waals surface area contributed by atoms with Crippen LogP contribution in [0.3, 0.4) is 0 Å². The fourth-order valence-electron chi connectivity index (χ4n) is 7.76. The number of hydrogen-bond donors (Lipinski definition) is 12. The molecular weight excluding hydrogens is 915 g/mol. The van der Waals surface area contributed by atoms with Gasteiger partial charge in [-0.05, 0) is 64.2 Å². The molecule has 3 aliphatic rings. The van der Waals surface area contributed by atoms with Crippen LogP contribution in [-0.4, -0.2) is 193 Å². The maximum Gasteiger partial charge on any atom is 0.220 e. The number of rotatable bonds is 32. The summed E-state index contributed by atoms with van der Waals surface area (Å²) in [7, 11) is 0. The van der Waals surface area contributed by atoms with Gasteiger partial charge in [0.2, 0.25) is 5.91 Å². The van der Waals surface area contributed by atoms with Crippen molar-refractivity contribution in [2.45, 2.75) is 202 Å². The van der Waals surface area contributed by atoms with Crippen LogP contribution in [0.1, 0.15) is 97.3 Å². The van der Waals surface area contributed by atoms with Crippen LogP contribution in [0.15, 0.2) is 85.1 Å². The summed E-state index contributed by atoms with van der Waals surface area (Å²) in [6, 6.07) is -0.996. The highest BCUT2D eigenvalue weighted by Gasteiger charge is 2.53. The first-order chi connectivity index (χ1) is 33.8. The predicted octanol–water partition coefficient (Wildman–Crippen LogP) is 1.30. The molecule has 0 aromatic rings. The first-order valence-corrected chi connectivity index (χ1v) is 24.8. The number of hydrogen-bond acceptors (Lipinski definition) is 18. The number of carbonyl (C=O) groups is 1. The lowest BCUT2D eigenvalue weighted by Gasteiger charge is -2.48. The van der Waals surface area contributed by atoms with E-state index in [-0.39, 0.29) is 18.9 Å². The van der Waals surface area contributed by atoms with Gasteiger partial charge in [-0.25, -0.2) is 0 Å².